The second kappa shape index (κ2) is 9.13. The Morgan fingerprint density at radius 1 is 1.09 bits per heavy atom. The third kappa shape index (κ3) is 5.11. The molecular formula is C16H21Cl2N3OS. The summed E-state index contributed by atoms with van der Waals surface area (Å²) in [7, 11) is 0. The van der Waals surface area contributed by atoms with E-state index in [9.17, 15) is 4.79 Å². The van der Waals surface area contributed by atoms with E-state index in [0.29, 0.717) is 11.3 Å². The summed E-state index contributed by atoms with van der Waals surface area (Å²) < 4.78 is 0. The van der Waals surface area contributed by atoms with Gasteiger partial charge in [-0.15, -0.1) is 36.2 Å². The van der Waals surface area contributed by atoms with Gasteiger partial charge in [-0.05, 0) is 29.6 Å². The average Bonchev–Trinajstić information content (AvgIpc) is 3.00. The smallest absolute Gasteiger partial charge is 0.254 e. The molecule has 1 aliphatic rings. The van der Waals surface area contributed by atoms with E-state index < -0.39 is 0 Å². The first-order valence-electron chi connectivity index (χ1n) is 7.12. The SMILES string of the molecule is Cl.Cl.Nc1cccc(C(=O)N2CCN(Cc3cccs3)CC2)c1. The molecule has 1 amide bonds. The molecule has 0 radical (unpaired) electrons. The monoisotopic (exact) mass is 373 g/mol. The molecule has 0 spiro atoms. The molecule has 2 N–H and O–H groups in total. The Bertz CT molecular complexity index is 614. The van der Waals surface area contributed by atoms with Gasteiger partial charge >= 0.3 is 0 Å². The van der Waals surface area contributed by atoms with Gasteiger partial charge in [-0.3, -0.25) is 9.69 Å². The molecule has 1 aromatic heterocycles. The number of thiophene rings is 1. The third-order valence-corrected chi connectivity index (χ3v) is 4.61. The van der Waals surface area contributed by atoms with Crippen LogP contribution in [0, 0.1) is 0 Å². The van der Waals surface area contributed by atoms with Crippen LogP contribution in [-0.2, 0) is 6.54 Å². The summed E-state index contributed by atoms with van der Waals surface area (Å²) in [5.74, 6) is 0.0815. The fourth-order valence-corrected chi connectivity index (χ4v) is 3.33. The molecule has 0 unspecified atom stereocenters. The van der Waals surface area contributed by atoms with E-state index in [0.717, 1.165) is 32.7 Å². The molecule has 0 bridgehead atoms. The van der Waals surface area contributed by atoms with Crippen molar-refractivity contribution >= 4 is 47.7 Å². The van der Waals surface area contributed by atoms with Gasteiger partial charge in [0.2, 0.25) is 0 Å². The minimum Gasteiger partial charge on any atom is -0.399 e. The van der Waals surface area contributed by atoms with E-state index in [-0.39, 0.29) is 30.7 Å². The van der Waals surface area contributed by atoms with E-state index in [2.05, 4.69) is 22.4 Å². The van der Waals surface area contributed by atoms with E-state index >= 15 is 0 Å². The van der Waals surface area contributed by atoms with Crippen LogP contribution in [0.2, 0.25) is 0 Å². The van der Waals surface area contributed by atoms with Gasteiger partial charge in [-0.2, -0.15) is 0 Å². The summed E-state index contributed by atoms with van der Waals surface area (Å²) in [5.41, 5.74) is 7.06. The van der Waals surface area contributed by atoms with Gasteiger partial charge in [0.15, 0.2) is 0 Å². The molecular weight excluding hydrogens is 353 g/mol. The molecule has 0 aliphatic carbocycles. The van der Waals surface area contributed by atoms with Crippen molar-refractivity contribution in [3.05, 3.63) is 52.2 Å². The number of carbonyl (C=O) groups excluding carboxylic acids is 1. The van der Waals surface area contributed by atoms with Crippen LogP contribution < -0.4 is 5.73 Å². The van der Waals surface area contributed by atoms with Crippen LogP contribution in [0.5, 0.6) is 0 Å². The number of halogens is 2. The molecule has 1 fully saturated rings. The van der Waals surface area contributed by atoms with Crippen LogP contribution in [0.15, 0.2) is 41.8 Å². The number of amides is 1. The number of benzene rings is 1. The van der Waals surface area contributed by atoms with Gasteiger partial charge in [0, 0.05) is 48.9 Å². The van der Waals surface area contributed by atoms with E-state index in [1.54, 1.807) is 23.5 Å². The number of hydrogen-bond acceptors (Lipinski definition) is 4. The molecule has 1 aliphatic heterocycles. The summed E-state index contributed by atoms with van der Waals surface area (Å²) in [6.45, 7) is 4.38. The van der Waals surface area contributed by atoms with Crippen molar-refractivity contribution in [2.45, 2.75) is 6.54 Å². The fraction of sp³-hybridized carbons (Fsp3) is 0.312. The molecule has 0 saturated carbocycles. The Labute approximate surface area is 153 Å². The van der Waals surface area contributed by atoms with Crippen molar-refractivity contribution in [2.24, 2.45) is 0 Å². The first-order valence-corrected chi connectivity index (χ1v) is 8.00. The molecule has 7 heteroatoms. The zero-order chi connectivity index (χ0) is 14.7. The predicted molar refractivity (Wildman–Crippen MR) is 101 cm³/mol. The molecule has 1 saturated heterocycles. The second-order valence-electron chi connectivity index (χ2n) is 5.27. The van der Waals surface area contributed by atoms with Gasteiger partial charge in [0.1, 0.15) is 0 Å². The Morgan fingerprint density at radius 3 is 2.43 bits per heavy atom. The zero-order valence-corrected chi connectivity index (χ0v) is 15.1. The first kappa shape index (κ1) is 19.8. The molecule has 126 valence electrons. The normalized spacial score (nSPS) is 14.7. The highest BCUT2D eigenvalue weighted by molar-refractivity contribution is 7.09. The topological polar surface area (TPSA) is 49.6 Å². The highest BCUT2D eigenvalue weighted by atomic mass is 35.5. The minimum absolute atomic E-state index is 0. The summed E-state index contributed by atoms with van der Waals surface area (Å²) in [5, 5.41) is 2.11. The largest absolute Gasteiger partial charge is 0.399 e. The fourth-order valence-electron chi connectivity index (χ4n) is 2.59. The van der Waals surface area contributed by atoms with Crippen molar-refractivity contribution in [3.8, 4) is 0 Å². The number of rotatable bonds is 3. The van der Waals surface area contributed by atoms with E-state index in [1.807, 2.05) is 17.0 Å². The van der Waals surface area contributed by atoms with Crippen LogP contribution in [0.3, 0.4) is 0 Å². The highest BCUT2D eigenvalue weighted by Crippen LogP contribution is 2.15. The summed E-state index contributed by atoms with van der Waals surface area (Å²) >= 11 is 1.79. The number of nitrogens with zero attached hydrogens (tertiary/aromatic N) is 2. The molecule has 23 heavy (non-hydrogen) atoms. The maximum Gasteiger partial charge on any atom is 0.254 e. The molecule has 3 rings (SSSR count). The number of nitrogens with two attached hydrogens (primary N) is 1. The lowest BCUT2D eigenvalue weighted by atomic mass is 10.1. The lowest BCUT2D eigenvalue weighted by molar-refractivity contribution is 0.0629. The number of nitrogen functional groups attached to an aromatic ring is 1. The number of carbonyl (C=O) groups is 1. The Morgan fingerprint density at radius 2 is 1.83 bits per heavy atom. The molecule has 2 heterocycles. The molecule has 0 atom stereocenters. The van der Waals surface area contributed by atoms with Crippen molar-refractivity contribution in [2.75, 3.05) is 31.9 Å². The average molecular weight is 374 g/mol. The van der Waals surface area contributed by atoms with E-state index in [1.165, 1.54) is 4.88 Å². The predicted octanol–water partition coefficient (Wildman–Crippen LogP) is 3.13. The Hall–Kier alpha value is -1.27. The van der Waals surface area contributed by atoms with Crippen LogP contribution in [-0.4, -0.2) is 41.9 Å². The Balaban J connectivity index is 0.00000132. The standard InChI is InChI=1S/C16H19N3OS.2ClH/c17-14-4-1-3-13(11-14)16(20)19-8-6-18(7-9-19)12-15-5-2-10-21-15;;/h1-5,10-11H,6-9,12,17H2;2*1H. The van der Waals surface area contributed by atoms with Crippen molar-refractivity contribution < 1.29 is 4.79 Å². The highest BCUT2D eigenvalue weighted by Gasteiger charge is 2.22. The van der Waals surface area contributed by atoms with Gasteiger partial charge in [-0.25, -0.2) is 0 Å². The molecule has 1 aromatic carbocycles. The first-order chi connectivity index (χ1) is 10.2. The Kier molecular flexibility index (Phi) is 7.85. The van der Waals surface area contributed by atoms with Crippen LogP contribution in [0.4, 0.5) is 5.69 Å². The summed E-state index contributed by atoms with van der Waals surface area (Å²) in [6.07, 6.45) is 0. The lowest BCUT2D eigenvalue weighted by Crippen LogP contribution is -2.48. The summed E-state index contributed by atoms with van der Waals surface area (Å²) in [6, 6.07) is 11.5. The maximum absolute atomic E-state index is 12.4. The lowest BCUT2D eigenvalue weighted by Gasteiger charge is -2.34. The van der Waals surface area contributed by atoms with Gasteiger partial charge in [0.25, 0.3) is 5.91 Å². The molecule has 2 aromatic rings. The third-order valence-electron chi connectivity index (χ3n) is 3.75. The van der Waals surface area contributed by atoms with Crippen LogP contribution in [0.25, 0.3) is 0 Å². The van der Waals surface area contributed by atoms with Crippen molar-refractivity contribution in [1.29, 1.82) is 0 Å². The van der Waals surface area contributed by atoms with Crippen LogP contribution in [0.1, 0.15) is 15.2 Å². The quantitative estimate of drug-likeness (QED) is 0.840. The minimum atomic E-state index is 0. The number of hydrogen-bond donors (Lipinski definition) is 1. The zero-order valence-electron chi connectivity index (χ0n) is 12.7. The number of anilines is 1. The molecule has 4 nitrogen and oxygen atoms in total. The van der Waals surface area contributed by atoms with Crippen LogP contribution >= 0.6 is 36.2 Å². The van der Waals surface area contributed by atoms with Crippen molar-refractivity contribution in [1.82, 2.24) is 9.80 Å². The summed E-state index contributed by atoms with van der Waals surface area (Å²) in [4.78, 5) is 18.1. The van der Waals surface area contributed by atoms with E-state index in [4.69, 9.17) is 5.73 Å². The maximum atomic E-state index is 12.4. The van der Waals surface area contributed by atoms with Gasteiger partial charge in [0.05, 0.1) is 0 Å². The number of piperazine rings is 1. The van der Waals surface area contributed by atoms with Gasteiger partial charge < -0.3 is 10.6 Å². The second-order valence-corrected chi connectivity index (χ2v) is 6.31. The van der Waals surface area contributed by atoms with Gasteiger partial charge in [-0.1, -0.05) is 12.1 Å². The van der Waals surface area contributed by atoms with Crippen molar-refractivity contribution in [3.63, 3.8) is 0 Å².